The van der Waals surface area contributed by atoms with Crippen molar-refractivity contribution in [2.45, 2.75) is 45.6 Å². The SMILES string of the molecule is CNC(Cc1nc(C(C)(C)C)cs1)c1coc(C)c1. The average Bonchev–Trinajstić information content (AvgIpc) is 2.94. The Labute approximate surface area is 119 Å². The Hall–Kier alpha value is -1.13. The monoisotopic (exact) mass is 278 g/mol. The van der Waals surface area contributed by atoms with Crippen LogP contribution in [-0.4, -0.2) is 12.0 Å². The second-order valence-electron chi connectivity index (χ2n) is 5.91. The Kier molecular flexibility index (Phi) is 4.11. The van der Waals surface area contributed by atoms with E-state index in [1.807, 2.05) is 20.2 Å². The lowest BCUT2D eigenvalue weighted by atomic mass is 9.93. The number of hydrogen-bond acceptors (Lipinski definition) is 4. The largest absolute Gasteiger partial charge is 0.469 e. The third-order valence-electron chi connectivity index (χ3n) is 3.20. The fourth-order valence-electron chi connectivity index (χ4n) is 1.96. The van der Waals surface area contributed by atoms with Crippen molar-refractivity contribution in [2.75, 3.05) is 7.05 Å². The highest BCUT2D eigenvalue weighted by atomic mass is 32.1. The third-order valence-corrected chi connectivity index (χ3v) is 4.07. The summed E-state index contributed by atoms with van der Waals surface area (Å²) in [5, 5.41) is 6.67. The number of rotatable bonds is 4. The second-order valence-corrected chi connectivity index (χ2v) is 6.86. The van der Waals surface area contributed by atoms with Gasteiger partial charge in [-0.3, -0.25) is 0 Å². The van der Waals surface area contributed by atoms with Crippen molar-refractivity contribution in [1.29, 1.82) is 0 Å². The standard InChI is InChI=1S/C15H22N2OS/c1-10-6-11(8-18-10)12(16-5)7-14-17-13(9-19-14)15(2,3)4/h6,8-9,12,16H,7H2,1-5H3. The molecule has 0 saturated carbocycles. The molecule has 1 unspecified atom stereocenters. The van der Waals surface area contributed by atoms with Crippen LogP contribution in [0.4, 0.5) is 0 Å². The maximum atomic E-state index is 5.39. The molecule has 0 saturated heterocycles. The number of hydrogen-bond donors (Lipinski definition) is 1. The Morgan fingerprint density at radius 1 is 1.42 bits per heavy atom. The lowest BCUT2D eigenvalue weighted by Crippen LogP contribution is -2.18. The van der Waals surface area contributed by atoms with Crippen molar-refractivity contribution in [2.24, 2.45) is 0 Å². The van der Waals surface area contributed by atoms with Crippen LogP contribution < -0.4 is 5.32 Å². The molecule has 3 nitrogen and oxygen atoms in total. The fourth-order valence-corrected chi connectivity index (χ4v) is 3.02. The van der Waals surface area contributed by atoms with Crippen LogP contribution in [0, 0.1) is 6.92 Å². The Balaban J connectivity index is 2.13. The molecular formula is C15H22N2OS. The minimum atomic E-state index is 0.121. The normalized spacial score (nSPS) is 13.7. The first-order chi connectivity index (χ1) is 8.90. The van der Waals surface area contributed by atoms with Gasteiger partial charge in [-0.15, -0.1) is 11.3 Å². The molecule has 2 rings (SSSR count). The molecule has 4 heteroatoms. The number of aromatic nitrogens is 1. The zero-order valence-corrected chi connectivity index (χ0v) is 13.1. The molecule has 104 valence electrons. The summed E-state index contributed by atoms with van der Waals surface area (Å²) in [6, 6.07) is 2.34. The van der Waals surface area contributed by atoms with Crippen molar-refractivity contribution in [3.63, 3.8) is 0 Å². The zero-order valence-electron chi connectivity index (χ0n) is 12.3. The topological polar surface area (TPSA) is 38.1 Å². The first-order valence-electron chi connectivity index (χ1n) is 6.57. The molecule has 1 N–H and O–H groups in total. The Morgan fingerprint density at radius 3 is 2.63 bits per heavy atom. The highest BCUT2D eigenvalue weighted by molar-refractivity contribution is 7.09. The molecular weight excluding hydrogens is 256 g/mol. The molecule has 2 aromatic heterocycles. The van der Waals surface area contributed by atoms with Gasteiger partial charge < -0.3 is 9.73 Å². The molecule has 0 fully saturated rings. The van der Waals surface area contributed by atoms with E-state index in [1.54, 1.807) is 11.3 Å². The first kappa shape index (κ1) is 14.3. The van der Waals surface area contributed by atoms with Crippen LogP contribution in [0.25, 0.3) is 0 Å². The van der Waals surface area contributed by atoms with E-state index in [9.17, 15) is 0 Å². The van der Waals surface area contributed by atoms with Gasteiger partial charge in [0.2, 0.25) is 0 Å². The summed E-state index contributed by atoms with van der Waals surface area (Å²) in [5.41, 5.74) is 2.48. The first-order valence-corrected chi connectivity index (χ1v) is 7.45. The predicted molar refractivity (Wildman–Crippen MR) is 79.8 cm³/mol. The highest BCUT2D eigenvalue weighted by Crippen LogP contribution is 2.27. The van der Waals surface area contributed by atoms with Crippen LogP contribution in [-0.2, 0) is 11.8 Å². The van der Waals surface area contributed by atoms with E-state index in [-0.39, 0.29) is 11.5 Å². The van der Waals surface area contributed by atoms with E-state index >= 15 is 0 Å². The van der Waals surface area contributed by atoms with Gasteiger partial charge >= 0.3 is 0 Å². The van der Waals surface area contributed by atoms with Crippen molar-refractivity contribution >= 4 is 11.3 Å². The van der Waals surface area contributed by atoms with Gasteiger partial charge in [-0.25, -0.2) is 4.98 Å². The smallest absolute Gasteiger partial charge is 0.101 e. The minimum absolute atomic E-state index is 0.121. The van der Waals surface area contributed by atoms with E-state index in [1.165, 1.54) is 16.3 Å². The molecule has 0 bridgehead atoms. The summed E-state index contributed by atoms with van der Waals surface area (Å²) in [5.74, 6) is 0.949. The Bertz CT molecular complexity index is 536. The van der Waals surface area contributed by atoms with Crippen LogP contribution in [0.15, 0.2) is 22.1 Å². The van der Waals surface area contributed by atoms with Crippen LogP contribution in [0.3, 0.4) is 0 Å². The summed E-state index contributed by atoms with van der Waals surface area (Å²) in [7, 11) is 1.98. The van der Waals surface area contributed by atoms with Gasteiger partial charge in [0, 0.05) is 28.8 Å². The van der Waals surface area contributed by atoms with E-state index in [0.717, 1.165) is 12.2 Å². The molecule has 0 aliphatic rings. The molecule has 1 atom stereocenters. The van der Waals surface area contributed by atoms with Crippen molar-refractivity contribution in [3.8, 4) is 0 Å². The van der Waals surface area contributed by atoms with Crippen LogP contribution in [0.2, 0.25) is 0 Å². The molecule has 0 radical (unpaired) electrons. The van der Waals surface area contributed by atoms with E-state index in [2.05, 4.69) is 37.5 Å². The predicted octanol–water partition coefficient (Wildman–Crippen LogP) is 3.85. The number of nitrogens with one attached hydrogen (secondary N) is 1. The zero-order chi connectivity index (χ0) is 14.0. The summed E-state index contributed by atoms with van der Waals surface area (Å²) in [6.07, 6.45) is 2.73. The number of likely N-dealkylation sites (N-methyl/N-ethyl adjacent to an activating group) is 1. The quantitative estimate of drug-likeness (QED) is 0.923. The summed E-state index contributed by atoms with van der Waals surface area (Å²) < 4.78 is 5.39. The number of thiazole rings is 1. The van der Waals surface area contributed by atoms with Crippen molar-refractivity contribution in [3.05, 3.63) is 39.7 Å². The lowest BCUT2D eigenvalue weighted by Gasteiger charge is -2.15. The fraction of sp³-hybridized carbons (Fsp3) is 0.533. The summed E-state index contributed by atoms with van der Waals surface area (Å²) in [6.45, 7) is 8.56. The Morgan fingerprint density at radius 2 is 2.16 bits per heavy atom. The summed E-state index contributed by atoms with van der Waals surface area (Å²) in [4.78, 5) is 4.75. The van der Waals surface area contributed by atoms with E-state index in [0.29, 0.717) is 0 Å². The van der Waals surface area contributed by atoms with Crippen LogP contribution >= 0.6 is 11.3 Å². The molecule has 0 amide bonds. The number of nitrogens with zero attached hydrogens (tertiary/aromatic N) is 1. The van der Waals surface area contributed by atoms with E-state index in [4.69, 9.17) is 9.40 Å². The molecule has 0 aliphatic carbocycles. The van der Waals surface area contributed by atoms with Gasteiger partial charge in [0.25, 0.3) is 0 Å². The summed E-state index contributed by atoms with van der Waals surface area (Å²) >= 11 is 1.74. The molecule has 0 aliphatic heterocycles. The van der Waals surface area contributed by atoms with Gasteiger partial charge in [0.1, 0.15) is 5.76 Å². The molecule has 2 aromatic rings. The van der Waals surface area contributed by atoms with E-state index < -0.39 is 0 Å². The van der Waals surface area contributed by atoms with Gasteiger partial charge in [0.05, 0.1) is 17.0 Å². The maximum Gasteiger partial charge on any atom is 0.101 e. The van der Waals surface area contributed by atoms with Crippen molar-refractivity contribution in [1.82, 2.24) is 10.3 Å². The molecule has 0 aromatic carbocycles. The van der Waals surface area contributed by atoms with Gasteiger partial charge in [-0.05, 0) is 20.0 Å². The number of aryl methyl sites for hydroxylation is 1. The second kappa shape index (κ2) is 5.47. The average molecular weight is 278 g/mol. The van der Waals surface area contributed by atoms with Crippen LogP contribution in [0.5, 0.6) is 0 Å². The molecule has 2 heterocycles. The molecule has 19 heavy (non-hydrogen) atoms. The van der Waals surface area contributed by atoms with Crippen LogP contribution in [0.1, 0.15) is 48.8 Å². The van der Waals surface area contributed by atoms with Crippen molar-refractivity contribution < 1.29 is 4.42 Å². The van der Waals surface area contributed by atoms with Gasteiger partial charge in [0.15, 0.2) is 0 Å². The third kappa shape index (κ3) is 3.45. The highest BCUT2D eigenvalue weighted by Gasteiger charge is 2.19. The maximum absolute atomic E-state index is 5.39. The lowest BCUT2D eigenvalue weighted by molar-refractivity contribution is 0.519. The van der Waals surface area contributed by atoms with Gasteiger partial charge in [-0.1, -0.05) is 20.8 Å². The number of furan rings is 1. The molecule has 0 spiro atoms. The van der Waals surface area contributed by atoms with Gasteiger partial charge in [-0.2, -0.15) is 0 Å². The minimum Gasteiger partial charge on any atom is -0.469 e.